The maximum atomic E-state index is 12.8. The SMILES string of the molecule is Cc1ccc(C(=O)N2CCOC3CCCCC32)c(Br)c1. The number of nitrogens with zero attached hydrogens (tertiary/aromatic N) is 1. The Bertz CT molecular complexity index is 515. The average Bonchev–Trinajstić information content (AvgIpc) is 2.46. The molecule has 1 amide bonds. The number of rotatable bonds is 1. The van der Waals surface area contributed by atoms with Gasteiger partial charge in [-0.1, -0.05) is 18.9 Å². The monoisotopic (exact) mass is 337 g/mol. The fourth-order valence-corrected chi connectivity index (χ4v) is 3.96. The number of carbonyl (C=O) groups excluding carboxylic acids is 1. The molecule has 1 heterocycles. The van der Waals surface area contributed by atoms with Crippen LogP contribution in [0.2, 0.25) is 0 Å². The van der Waals surface area contributed by atoms with E-state index in [1.165, 1.54) is 12.8 Å². The Kier molecular flexibility index (Phi) is 4.13. The molecule has 0 radical (unpaired) electrons. The van der Waals surface area contributed by atoms with Gasteiger partial charge in [-0.3, -0.25) is 4.79 Å². The van der Waals surface area contributed by atoms with Crippen molar-refractivity contribution in [1.29, 1.82) is 0 Å². The largest absolute Gasteiger partial charge is 0.374 e. The van der Waals surface area contributed by atoms with E-state index >= 15 is 0 Å². The van der Waals surface area contributed by atoms with Crippen molar-refractivity contribution in [2.75, 3.05) is 13.2 Å². The summed E-state index contributed by atoms with van der Waals surface area (Å²) < 4.78 is 6.73. The van der Waals surface area contributed by atoms with E-state index in [-0.39, 0.29) is 18.1 Å². The van der Waals surface area contributed by atoms with E-state index in [1.807, 2.05) is 30.0 Å². The van der Waals surface area contributed by atoms with Crippen molar-refractivity contribution in [2.45, 2.75) is 44.8 Å². The number of morpholine rings is 1. The molecule has 0 spiro atoms. The van der Waals surface area contributed by atoms with Crippen LogP contribution in [0.1, 0.15) is 41.6 Å². The van der Waals surface area contributed by atoms with E-state index in [9.17, 15) is 4.79 Å². The second kappa shape index (κ2) is 5.86. The second-order valence-electron chi connectivity index (χ2n) is 5.74. The Morgan fingerprint density at radius 3 is 2.95 bits per heavy atom. The lowest BCUT2D eigenvalue weighted by molar-refractivity contribution is -0.0753. The molecule has 0 bridgehead atoms. The van der Waals surface area contributed by atoms with Crippen molar-refractivity contribution < 1.29 is 9.53 Å². The number of fused-ring (bicyclic) bond motifs is 1. The highest BCUT2D eigenvalue weighted by atomic mass is 79.9. The smallest absolute Gasteiger partial charge is 0.255 e. The van der Waals surface area contributed by atoms with Crippen molar-refractivity contribution in [3.63, 3.8) is 0 Å². The van der Waals surface area contributed by atoms with Crippen LogP contribution in [0.5, 0.6) is 0 Å². The van der Waals surface area contributed by atoms with Crippen molar-refractivity contribution in [2.24, 2.45) is 0 Å². The standard InChI is InChI=1S/C16H20BrNO2/c1-11-6-7-12(13(17)10-11)16(19)18-8-9-20-15-5-3-2-4-14(15)18/h6-7,10,14-15H,2-5,8-9H2,1H3. The molecule has 3 rings (SSSR count). The molecular weight excluding hydrogens is 318 g/mol. The van der Waals surface area contributed by atoms with Gasteiger partial charge < -0.3 is 9.64 Å². The zero-order valence-corrected chi connectivity index (χ0v) is 13.4. The van der Waals surface area contributed by atoms with Gasteiger partial charge in [0.25, 0.3) is 5.91 Å². The minimum Gasteiger partial charge on any atom is -0.374 e. The number of aryl methyl sites for hydroxylation is 1. The van der Waals surface area contributed by atoms with E-state index in [1.54, 1.807) is 0 Å². The third-order valence-corrected chi connectivity index (χ3v) is 5.00. The summed E-state index contributed by atoms with van der Waals surface area (Å²) in [6, 6.07) is 6.19. The Morgan fingerprint density at radius 1 is 1.35 bits per heavy atom. The summed E-state index contributed by atoms with van der Waals surface area (Å²) in [5.74, 6) is 0.136. The van der Waals surface area contributed by atoms with Gasteiger partial charge in [0.15, 0.2) is 0 Å². The van der Waals surface area contributed by atoms with Gasteiger partial charge in [0.2, 0.25) is 0 Å². The highest BCUT2D eigenvalue weighted by Crippen LogP contribution is 2.30. The molecule has 2 atom stereocenters. The maximum absolute atomic E-state index is 12.8. The molecule has 2 aliphatic rings. The topological polar surface area (TPSA) is 29.5 Å². The quantitative estimate of drug-likeness (QED) is 0.784. The van der Waals surface area contributed by atoms with Gasteiger partial charge in [0.05, 0.1) is 24.3 Å². The van der Waals surface area contributed by atoms with Crippen LogP contribution in [0, 0.1) is 6.92 Å². The zero-order valence-electron chi connectivity index (χ0n) is 11.8. The van der Waals surface area contributed by atoms with E-state index < -0.39 is 0 Å². The van der Waals surface area contributed by atoms with Crippen molar-refractivity contribution in [3.8, 4) is 0 Å². The van der Waals surface area contributed by atoms with Crippen LogP contribution in [-0.2, 0) is 4.74 Å². The van der Waals surface area contributed by atoms with Crippen LogP contribution in [0.15, 0.2) is 22.7 Å². The Morgan fingerprint density at radius 2 is 2.15 bits per heavy atom. The molecule has 20 heavy (non-hydrogen) atoms. The lowest BCUT2D eigenvalue weighted by atomic mass is 9.89. The summed E-state index contributed by atoms with van der Waals surface area (Å²) in [6.07, 6.45) is 4.81. The molecular formula is C16H20BrNO2. The predicted molar refractivity (Wildman–Crippen MR) is 81.9 cm³/mol. The van der Waals surface area contributed by atoms with Gasteiger partial charge in [0.1, 0.15) is 0 Å². The molecule has 2 fully saturated rings. The van der Waals surface area contributed by atoms with Gasteiger partial charge in [-0.2, -0.15) is 0 Å². The zero-order chi connectivity index (χ0) is 14.1. The predicted octanol–water partition coefficient (Wildman–Crippen LogP) is 3.54. The molecule has 0 N–H and O–H groups in total. The van der Waals surface area contributed by atoms with Crippen LogP contribution in [-0.4, -0.2) is 36.1 Å². The van der Waals surface area contributed by atoms with E-state index in [4.69, 9.17) is 4.74 Å². The minimum absolute atomic E-state index is 0.136. The average molecular weight is 338 g/mol. The van der Waals surface area contributed by atoms with Gasteiger partial charge in [-0.25, -0.2) is 0 Å². The molecule has 2 unspecified atom stereocenters. The third-order valence-electron chi connectivity index (χ3n) is 4.35. The molecule has 3 nitrogen and oxygen atoms in total. The number of carbonyl (C=O) groups is 1. The van der Waals surface area contributed by atoms with Crippen molar-refractivity contribution >= 4 is 21.8 Å². The molecule has 1 saturated carbocycles. The summed E-state index contributed by atoms with van der Waals surface area (Å²) in [5, 5.41) is 0. The molecule has 1 aromatic rings. The molecule has 0 aromatic heterocycles. The van der Waals surface area contributed by atoms with Crippen LogP contribution in [0.4, 0.5) is 0 Å². The first-order valence-corrected chi connectivity index (χ1v) is 8.15. The highest BCUT2D eigenvalue weighted by Gasteiger charge is 2.37. The van der Waals surface area contributed by atoms with Crippen LogP contribution in [0.25, 0.3) is 0 Å². The van der Waals surface area contributed by atoms with Crippen LogP contribution in [0.3, 0.4) is 0 Å². The lowest BCUT2D eigenvalue weighted by Gasteiger charge is -2.43. The van der Waals surface area contributed by atoms with Gasteiger partial charge in [-0.15, -0.1) is 0 Å². The van der Waals surface area contributed by atoms with E-state index in [0.29, 0.717) is 13.2 Å². The molecule has 4 heteroatoms. The summed E-state index contributed by atoms with van der Waals surface area (Å²) in [6.45, 7) is 3.40. The number of ether oxygens (including phenoxy) is 1. The second-order valence-corrected chi connectivity index (χ2v) is 6.60. The maximum Gasteiger partial charge on any atom is 0.255 e. The van der Waals surface area contributed by atoms with Crippen molar-refractivity contribution in [3.05, 3.63) is 33.8 Å². The molecule has 1 aromatic carbocycles. The van der Waals surface area contributed by atoms with E-state index in [0.717, 1.165) is 28.4 Å². The van der Waals surface area contributed by atoms with Gasteiger partial charge in [0, 0.05) is 11.0 Å². The molecule has 1 aliphatic heterocycles. The van der Waals surface area contributed by atoms with Crippen LogP contribution < -0.4 is 0 Å². The number of benzene rings is 1. The van der Waals surface area contributed by atoms with Gasteiger partial charge >= 0.3 is 0 Å². The first kappa shape index (κ1) is 14.1. The highest BCUT2D eigenvalue weighted by molar-refractivity contribution is 9.10. The third kappa shape index (κ3) is 2.63. The summed E-state index contributed by atoms with van der Waals surface area (Å²) in [5.41, 5.74) is 1.92. The first-order valence-electron chi connectivity index (χ1n) is 7.35. The van der Waals surface area contributed by atoms with Gasteiger partial charge in [-0.05, 0) is 53.4 Å². The summed E-state index contributed by atoms with van der Waals surface area (Å²) in [7, 11) is 0. The van der Waals surface area contributed by atoms with E-state index in [2.05, 4.69) is 15.9 Å². The molecule has 1 aliphatic carbocycles. The molecule has 108 valence electrons. The first-order chi connectivity index (χ1) is 9.66. The van der Waals surface area contributed by atoms with Crippen LogP contribution >= 0.6 is 15.9 Å². The number of amides is 1. The number of halogens is 1. The summed E-state index contributed by atoms with van der Waals surface area (Å²) in [4.78, 5) is 14.9. The number of hydrogen-bond donors (Lipinski definition) is 0. The minimum atomic E-state index is 0.136. The Balaban J connectivity index is 1.85. The van der Waals surface area contributed by atoms with Crippen molar-refractivity contribution in [1.82, 2.24) is 4.90 Å². The molecule has 1 saturated heterocycles. The number of hydrogen-bond acceptors (Lipinski definition) is 2. The Hall–Kier alpha value is -0.870. The fourth-order valence-electron chi connectivity index (χ4n) is 3.30. The normalized spacial score (nSPS) is 26.2. The lowest BCUT2D eigenvalue weighted by Crippen LogP contribution is -2.54. The fraction of sp³-hybridized carbons (Fsp3) is 0.562. The summed E-state index contributed by atoms with van der Waals surface area (Å²) >= 11 is 3.52. The Labute approximate surface area is 128 Å².